The fourth-order valence-electron chi connectivity index (χ4n) is 2.62. The molecule has 2 unspecified atom stereocenters. The highest BCUT2D eigenvalue weighted by molar-refractivity contribution is 6.30. The maximum absolute atomic E-state index is 5.87. The molecule has 1 aliphatic carbocycles. The van der Waals surface area contributed by atoms with Gasteiger partial charge in [-0.15, -0.1) is 0 Å². The van der Waals surface area contributed by atoms with Crippen LogP contribution in [0.1, 0.15) is 31.2 Å². The van der Waals surface area contributed by atoms with Gasteiger partial charge in [-0.3, -0.25) is 0 Å². The Labute approximate surface area is 115 Å². The number of rotatable bonds is 5. The fraction of sp³-hybridized carbons (Fsp3) is 0.600. The molecule has 0 saturated heterocycles. The third kappa shape index (κ3) is 4.27. The minimum atomic E-state index is 0.451. The predicted octanol–water partition coefficient (Wildman–Crippen LogP) is 3.43. The molecule has 1 fully saturated rings. The number of ether oxygens (including phenoxy) is 1. The van der Waals surface area contributed by atoms with Gasteiger partial charge in [-0.05, 0) is 56.3 Å². The Kier molecular flexibility index (Phi) is 5.48. The van der Waals surface area contributed by atoms with E-state index >= 15 is 0 Å². The van der Waals surface area contributed by atoms with Crippen LogP contribution in [0.15, 0.2) is 24.3 Å². The lowest BCUT2D eigenvalue weighted by Crippen LogP contribution is -2.37. The van der Waals surface area contributed by atoms with Crippen molar-refractivity contribution in [2.24, 2.45) is 0 Å². The molecular formula is C15H22ClNO. The minimum Gasteiger partial charge on any atom is -0.381 e. The highest BCUT2D eigenvalue weighted by Crippen LogP contribution is 2.20. The number of hydrogen-bond donors (Lipinski definition) is 1. The Balaban J connectivity index is 1.70. The molecule has 0 spiro atoms. The standard InChI is InChI=1S/C15H22ClNO/c1-18-15-4-2-3-14(11-15)17-10-9-12-5-7-13(16)8-6-12/h5-8,14-15,17H,2-4,9-11H2,1H3. The lowest BCUT2D eigenvalue weighted by atomic mass is 9.93. The molecule has 2 nitrogen and oxygen atoms in total. The first-order chi connectivity index (χ1) is 8.78. The first-order valence-corrected chi connectivity index (χ1v) is 7.16. The summed E-state index contributed by atoms with van der Waals surface area (Å²) in [5, 5.41) is 4.44. The molecule has 3 heteroatoms. The van der Waals surface area contributed by atoms with Crippen LogP contribution >= 0.6 is 11.6 Å². The topological polar surface area (TPSA) is 21.3 Å². The van der Waals surface area contributed by atoms with E-state index in [9.17, 15) is 0 Å². The van der Waals surface area contributed by atoms with E-state index in [4.69, 9.17) is 16.3 Å². The lowest BCUT2D eigenvalue weighted by molar-refractivity contribution is 0.0590. The van der Waals surface area contributed by atoms with E-state index in [-0.39, 0.29) is 0 Å². The smallest absolute Gasteiger partial charge is 0.0586 e. The summed E-state index contributed by atoms with van der Waals surface area (Å²) in [6, 6.07) is 8.73. The van der Waals surface area contributed by atoms with E-state index in [1.54, 1.807) is 0 Å². The summed E-state index contributed by atoms with van der Waals surface area (Å²) in [6.07, 6.45) is 6.43. The zero-order valence-electron chi connectivity index (χ0n) is 11.0. The molecule has 1 aromatic rings. The summed E-state index contributed by atoms with van der Waals surface area (Å²) in [7, 11) is 1.82. The van der Waals surface area contributed by atoms with Crippen molar-refractivity contribution in [2.45, 2.75) is 44.2 Å². The summed E-state index contributed by atoms with van der Waals surface area (Å²) in [6.45, 7) is 1.03. The van der Waals surface area contributed by atoms with Crippen molar-refractivity contribution in [1.82, 2.24) is 5.32 Å². The van der Waals surface area contributed by atoms with Crippen molar-refractivity contribution in [3.8, 4) is 0 Å². The zero-order chi connectivity index (χ0) is 12.8. The third-order valence-corrected chi connectivity index (χ3v) is 3.97. The van der Waals surface area contributed by atoms with Crippen LogP contribution in [0.2, 0.25) is 5.02 Å². The average Bonchev–Trinajstić information content (AvgIpc) is 2.41. The van der Waals surface area contributed by atoms with E-state index < -0.39 is 0 Å². The van der Waals surface area contributed by atoms with Crippen LogP contribution < -0.4 is 5.32 Å². The zero-order valence-corrected chi connectivity index (χ0v) is 11.7. The molecular weight excluding hydrogens is 246 g/mol. The second kappa shape index (κ2) is 7.13. The first kappa shape index (κ1) is 13.9. The van der Waals surface area contributed by atoms with Crippen molar-refractivity contribution < 1.29 is 4.74 Å². The van der Waals surface area contributed by atoms with Crippen molar-refractivity contribution in [3.05, 3.63) is 34.9 Å². The van der Waals surface area contributed by atoms with Crippen molar-refractivity contribution >= 4 is 11.6 Å². The van der Waals surface area contributed by atoms with Crippen LogP contribution in [-0.4, -0.2) is 25.8 Å². The molecule has 100 valence electrons. The van der Waals surface area contributed by atoms with Gasteiger partial charge in [-0.2, -0.15) is 0 Å². The largest absolute Gasteiger partial charge is 0.381 e. The molecule has 0 radical (unpaired) electrons. The van der Waals surface area contributed by atoms with E-state index in [0.29, 0.717) is 12.1 Å². The summed E-state index contributed by atoms with van der Waals surface area (Å²) in [5.74, 6) is 0. The SMILES string of the molecule is COC1CCCC(NCCc2ccc(Cl)cc2)C1. The number of halogens is 1. The summed E-state index contributed by atoms with van der Waals surface area (Å²) < 4.78 is 5.44. The van der Waals surface area contributed by atoms with Gasteiger partial charge in [0.1, 0.15) is 0 Å². The number of hydrogen-bond acceptors (Lipinski definition) is 2. The lowest BCUT2D eigenvalue weighted by Gasteiger charge is -2.29. The second-order valence-corrected chi connectivity index (χ2v) is 5.49. The maximum atomic E-state index is 5.87. The Hall–Kier alpha value is -0.570. The normalized spacial score (nSPS) is 24.1. The minimum absolute atomic E-state index is 0.451. The van der Waals surface area contributed by atoms with Crippen LogP contribution in [0.4, 0.5) is 0 Å². The van der Waals surface area contributed by atoms with Gasteiger partial charge in [-0.1, -0.05) is 23.7 Å². The molecule has 1 aromatic carbocycles. The third-order valence-electron chi connectivity index (χ3n) is 3.72. The van der Waals surface area contributed by atoms with Gasteiger partial charge in [-0.25, -0.2) is 0 Å². The van der Waals surface area contributed by atoms with Crippen molar-refractivity contribution in [3.63, 3.8) is 0 Å². The molecule has 18 heavy (non-hydrogen) atoms. The average molecular weight is 268 g/mol. The van der Waals surface area contributed by atoms with Gasteiger partial charge < -0.3 is 10.1 Å². The molecule has 2 atom stereocenters. The molecule has 2 rings (SSSR count). The Morgan fingerprint density at radius 2 is 2.06 bits per heavy atom. The molecule has 0 aliphatic heterocycles. The van der Waals surface area contributed by atoms with E-state index in [2.05, 4.69) is 17.4 Å². The van der Waals surface area contributed by atoms with Gasteiger partial charge in [0, 0.05) is 18.2 Å². The highest BCUT2D eigenvalue weighted by Gasteiger charge is 2.20. The molecule has 1 saturated carbocycles. The van der Waals surface area contributed by atoms with Gasteiger partial charge in [0.05, 0.1) is 6.10 Å². The van der Waals surface area contributed by atoms with E-state index in [1.807, 2.05) is 19.2 Å². The van der Waals surface area contributed by atoms with E-state index in [1.165, 1.54) is 24.8 Å². The van der Waals surface area contributed by atoms with Crippen LogP contribution in [0.25, 0.3) is 0 Å². The second-order valence-electron chi connectivity index (χ2n) is 5.05. The van der Waals surface area contributed by atoms with Crippen LogP contribution in [0.5, 0.6) is 0 Å². The van der Waals surface area contributed by atoms with Gasteiger partial charge in [0.15, 0.2) is 0 Å². The van der Waals surface area contributed by atoms with Crippen molar-refractivity contribution in [2.75, 3.05) is 13.7 Å². The van der Waals surface area contributed by atoms with Gasteiger partial charge in [0.2, 0.25) is 0 Å². The molecule has 0 heterocycles. The van der Waals surface area contributed by atoms with Gasteiger partial charge >= 0.3 is 0 Å². The Morgan fingerprint density at radius 1 is 1.28 bits per heavy atom. The molecule has 1 N–H and O–H groups in total. The number of benzene rings is 1. The number of nitrogens with one attached hydrogen (secondary N) is 1. The van der Waals surface area contributed by atoms with Crippen LogP contribution in [-0.2, 0) is 11.2 Å². The maximum Gasteiger partial charge on any atom is 0.0586 e. The highest BCUT2D eigenvalue weighted by atomic mass is 35.5. The molecule has 0 amide bonds. The van der Waals surface area contributed by atoms with Gasteiger partial charge in [0.25, 0.3) is 0 Å². The van der Waals surface area contributed by atoms with Crippen LogP contribution in [0.3, 0.4) is 0 Å². The summed E-state index contributed by atoms with van der Waals surface area (Å²) in [4.78, 5) is 0. The predicted molar refractivity (Wildman–Crippen MR) is 76.2 cm³/mol. The summed E-state index contributed by atoms with van der Waals surface area (Å²) in [5.41, 5.74) is 1.34. The monoisotopic (exact) mass is 267 g/mol. The Morgan fingerprint density at radius 3 is 2.78 bits per heavy atom. The van der Waals surface area contributed by atoms with Crippen LogP contribution in [0, 0.1) is 0 Å². The van der Waals surface area contributed by atoms with E-state index in [0.717, 1.165) is 24.4 Å². The fourth-order valence-corrected chi connectivity index (χ4v) is 2.74. The summed E-state index contributed by atoms with van der Waals surface area (Å²) >= 11 is 5.87. The van der Waals surface area contributed by atoms with Crippen molar-refractivity contribution in [1.29, 1.82) is 0 Å². The first-order valence-electron chi connectivity index (χ1n) is 6.78. The Bertz CT molecular complexity index is 352. The molecule has 1 aliphatic rings. The molecule has 0 bridgehead atoms. The molecule has 0 aromatic heterocycles. The number of methoxy groups -OCH3 is 1. The quantitative estimate of drug-likeness (QED) is 0.883.